The van der Waals surface area contributed by atoms with Gasteiger partial charge < -0.3 is 15.4 Å². The number of ether oxygens (including phenoxy) is 1. The molecule has 0 saturated carbocycles. The molecule has 2 rings (SSSR count). The van der Waals surface area contributed by atoms with Gasteiger partial charge in [0.1, 0.15) is 11.4 Å². The fraction of sp³-hybridized carbons (Fsp3) is 0.375. The van der Waals surface area contributed by atoms with Crippen LogP contribution in [0.4, 0.5) is 4.39 Å². The molecule has 0 amide bonds. The Morgan fingerprint density at radius 3 is 2.64 bits per heavy atom. The zero-order valence-corrected chi connectivity index (χ0v) is 13.8. The van der Waals surface area contributed by atoms with E-state index in [9.17, 15) is 9.18 Å². The van der Waals surface area contributed by atoms with E-state index in [1.54, 1.807) is 39.8 Å². The van der Waals surface area contributed by atoms with Crippen molar-refractivity contribution in [3.63, 3.8) is 0 Å². The van der Waals surface area contributed by atoms with Crippen LogP contribution in [0.2, 0.25) is 0 Å². The van der Waals surface area contributed by atoms with Gasteiger partial charge in [0.25, 0.3) is 0 Å². The number of nitrogens with one attached hydrogen (secondary N) is 2. The van der Waals surface area contributed by atoms with E-state index in [2.05, 4.69) is 10.6 Å². The normalized spacial score (nSPS) is 18.6. The van der Waals surface area contributed by atoms with Gasteiger partial charge in [0.15, 0.2) is 5.11 Å². The van der Waals surface area contributed by atoms with E-state index in [0.29, 0.717) is 21.9 Å². The maximum Gasteiger partial charge on any atom is 0.338 e. The third-order valence-electron chi connectivity index (χ3n) is 3.07. The van der Waals surface area contributed by atoms with Gasteiger partial charge in [-0.1, -0.05) is 12.1 Å². The van der Waals surface area contributed by atoms with E-state index >= 15 is 0 Å². The van der Waals surface area contributed by atoms with Crippen molar-refractivity contribution in [3.05, 3.63) is 46.9 Å². The Morgan fingerprint density at radius 2 is 2.05 bits per heavy atom. The van der Waals surface area contributed by atoms with Crippen LogP contribution in [0, 0.1) is 5.82 Å². The summed E-state index contributed by atoms with van der Waals surface area (Å²) in [6.45, 7) is 7.14. The van der Waals surface area contributed by atoms with Gasteiger partial charge in [0.2, 0.25) is 0 Å². The maximum absolute atomic E-state index is 13.5. The summed E-state index contributed by atoms with van der Waals surface area (Å²) in [5.41, 5.74) is 1.000. The third kappa shape index (κ3) is 3.82. The molecule has 0 aliphatic carbocycles. The minimum absolute atomic E-state index is 0.370. The van der Waals surface area contributed by atoms with Crippen LogP contribution < -0.4 is 10.6 Å². The van der Waals surface area contributed by atoms with Gasteiger partial charge in [-0.3, -0.25) is 0 Å². The number of rotatable bonds is 2. The van der Waals surface area contributed by atoms with Crippen molar-refractivity contribution in [3.8, 4) is 0 Å². The summed E-state index contributed by atoms with van der Waals surface area (Å²) >= 11 is 5.14. The standard InChI is InChI=1S/C16H19FN2O2S/c1-9-12(14(20)21-16(2,3)4)13(19-15(22)18-9)10-6-5-7-11(17)8-10/h5-8,13H,1-4H3,(H2,18,19,22)/t13-/m0/s1. The van der Waals surface area contributed by atoms with Crippen LogP contribution >= 0.6 is 12.2 Å². The zero-order chi connectivity index (χ0) is 16.5. The molecule has 1 aliphatic heterocycles. The molecule has 2 N–H and O–H groups in total. The van der Waals surface area contributed by atoms with Crippen molar-refractivity contribution in [1.29, 1.82) is 0 Å². The Balaban J connectivity index is 2.43. The first kappa shape index (κ1) is 16.4. The van der Waals surface area contributed by atoms with Gasteiger partial charge in [0, 0.05) is 5.70 Å². The number of allylic oxidation sites excluding steroid dienone is 1. The molecule has 0 aromatic heterocycles. The van der Waals surface area contributed by atoms with Gasteiger partial charge in [-0.05, 0) is 57.6 Å². The van der Waals surface area contributed by atoms with Gasteiger partial charge in [-0.25, -0.2) is 9.18 Å². The summed E-state index contributed by atoms with van der Waals surface area (Å²) < 4.78 is 19.0. The number of esters is 1. The summed E-state index contributed by atoms with van der Waals surface area (Å²) in [6.07, 6.45) is 0. The molecule has 0 bridgehead atoms. The van der Waals surface area contributed by atoms with Crippen molar-refractivity contribution in [2.75, 3.05) is 0 Å². The molecular weight excluding hydrogens is 303 g/mol. The fourth-order valence-corrected chi connectivity index (χ4v) is 2.50. The molecular formula is C16H19FN2O2S. The van der Waals surface area contributed by atoms with E-state index in [0.717, 1.165) is 0 Å². The minimum atomic E-state index is -0.616. The number of carbonyl (C=O) groups excluding carboxylic acids is 1. The predicted octanol–water partition coefficient (Wildman–Crippen LogP) is 2.96. The maximum atomic E-state index is 13.5. The van der Waals surface area contributed by atoms with Gasteiger partial charge in [-0.2, -0.15) is 0 Å². The molecule has 0 saturated heterocycles. The molecule has 1 aromatic rings. The number of hydrogen-bond donors (Lipinski definition) is 2. The van der Waals surface area contributed by atoms with Crippen LogP contribution in [0.3, 0.4) is 0 Å². The highest BCUT2D eigenvalue weighted by Gasteiger charge is 2.33. The Bertz CT molecular complexity index is 650. The third-order valence-corrected chi connectivity index (χ3v) is 3.29. The Hall–Kier alpha value is -1.95. The predicted molar refractivity (Wildman–Crippen MR) is 86.6 cm³/mol. The van der Waals surface area contributed by atoms with Crippen LogP contribution in [0.5, 0.6) is 0 Å². The summed E-state index contributed by atoms with van der Waals surface area (Å²) in [4.78, 5) is 12.5. The molecule has 1 atom stereocenters. The van der Waals surface area contributed by atoms with Crippen molar-refractivity contribution in [2.24, 2.45) is 0 Å². The zero-order valence-electron chi connectivity index (χ0n) is 13.0. The van der Waals surface area contributed by atoms with Crippen LogP contribution in [0.15, 0.2) is 35.5 Å². The molecule has 1 aliphatic rings. The summed E-state index contributed by atoms with van der Waals surface area (Å²) in [5.74, 6) is -0.827. The largest absolute Gasteiger partial charge is 0.456 e. The fourth-order valence-electron chi connectivity index (χ4n) is 2.23. The lowest BCUT2D eigenvalue weighted by Gasteiger charge is -2.31. The Labute approximate surface area is 134 Å². The summed E-state index contributed by atoms with van der Waals surface area (Å²) in [6, 6.07) is 5.53. The molecule has 22 heavy (non-hydrogen) atoms. The second-order valence-corrected chi connectivity index (χ2v) is 6.54. The van der Waals surface area contributed by atoms with E-state index in [4.69, 9.17) is 17.0 Å². The van der Waals surface area contributed by atoms with Crippen LogP contribution in [-0.2, 0) is 9.53 Å². The number of halogens is 1. The van der Waals surface area contributed by atoms with Crippen LogP contribution in [0.1, 0.15) is 39.3 Å². The SMILES string of the molecule is CC1=C(C(=O)OC(C)(C)C)[C@H](c2cccc(F)c2)NC(=S)N1. The van der Waals surface area contributed by atoms with Crippen LogP contribution in [0.25, 0.3) is 0 Å². The topological polar surface area (TPSA) is 50.4 Å². The van der Waals surface area contributed by atoms with E-state index in [1.807, 2.05) is 0 Å². The first-order valence-electron chi connectivity index (χ1n) is 6.94. The molecule has 0 fully saturated rings. The highest BCUT2D eigenvalue weighted by molar-refractivity contribution is 7.80. The quantitative estimate of drug-likeness (QED) is 0.648. The van der Waals surface area contributed by atoms with E-state index < -0.39 is 17.6 Å². The minimum Gasteiger partial charge on any atom is -0.456 e. The molecule has 0 spiro atoms. The molecule has 0 radical (unpaired) electrons. The van der Waals surface area contributed by atoms with Crippen molar-refractivity contribution in [1.82, 2.24) is 10.6 Å². The van der Waals surface area contributed by atoms with Crippen molar-refractivity contribution in [2.45, 2.75) is 39.3 Å². The summed E-state index contributed by atoms with van der Waals surface area (Å²) in [7, 11) is 0. The Morgan fingerprint density at radius 1 is 1.36 bits per heavy atom. The smallest absolute Gasteiger partial charge is 0.338 e. The molecule has 6 heteroatoms. The molecule has 118 valence electrons. The first-order valence-corrected chi connectivity index (χ1v) is 7.35. The second kappa shape index (κ2) is 6.04. The van der Waals surface area contributed by atoms with Gasteiger partial charge in [-0.15, -0.1) is 0 Å². The molecule has 1 heterocycles. The van der Waals surface area contributed by atoms with Crippen molar-refractivity contribution < 1.29 is 13.9 Å². The molecule has 4 nitrogen and oxygen atoms in total. The lowest BCUT2D eigenvalue weighted by molar-refractivity contribution is -0.150. The molecule has 0 unspecified atom stereocenters. The summed E-state index contributed by atoms with van der Waals surface area (Å²) in [5, 5.41) is 6.31. The second-order valence-electron chi connectivity index (χ2n) is 6.13. The number of carbonyl (C=O) groups is 1. The van der Waals surface area contributed by atoms with Crippen LogP contribution in [-0.4, -0.2) is 16.7 Å². The number of hydrogen-bond acceptors (Lipinski definition) is 3. The number of thiocarbonyl (C=S) groups is 1. The average Bonchev–Trinajstić information content (AvgIpc) is 2.35. The van der Waals surface area contributed by atoms with E-state index in [-0.39, 0.29) is 5.82 Å². The monoisotopic (exact) mass is 322 g/mol. The first-order chi connectivity index (χ1) is 10.2. The lowest BCUT2D eigenvalue weighted by atomic mass is 9.95. The van der Waals surface area contributed by atoms with E-state index in [1.165, 1.54) is 12.1 Å². The Kier molecular flexibility index (Phi) is 4.51. The highest BCUT2D eigenvalue weighted by atomic mass is 32.1. The van der Waals surface area contributed by atoms with Gasteiger partial charge >= 0.3 is 5.97 Å². The van der Waals surface area contributed by atoms with Crippen molar-refractivity contribution >= 4 is 23.3 Å². The average molecular weight is 322 g/mol. The lowest BCUT2D eigenvalue weighted by Crippen LogP contribution is -2.45. The number of benzene rings is 1. The molecule has 1 aromatic carbocycles. The highest BCUT2D eigenvalue weighted by Crippen LogP contribution is 2.29. The van der Waals surface area contributed by atoms with Gasteiger partial charge in [0.05, 0.1) is 11.6 Å².